The molecule has 18 heavy (non-hydrogen) atoms. The molecule has 0 unspecified atom stereocenters. The Bertz CT molecular complexity index is 548. The standard InChI is InChI=1S/C14H17N3S/c1-2-11-9-18-14(16-11)17-12-5-6-13-10(8-12)4-3-7-15-13/h5-6,8-9,15H,2-4,7H2,1H3,(H,16,17). The van der Waals surface area contributed by atoms with Crippen molar-refractivity contribution in [1.82, 2.24) is 4.98 Å². The number of aromatic nitrogens is 1. The Hall–Kier alpha value is -1.55. The minimum Gasteiger partial charge on any atom is -0.385 e. The second-order valence-corrected chi connectivity index (χ2v) is 5.38. The molecule has 3 nitrogen and oxygen atoms in total. The molecule has 0 saturated carbocycles. The van der Waals surface area contributed by atoms with Crippen molar-refractivity contribution >= 4 is 27.8 Å². The van der Waals surface area contributed by atoms with E-state index in [1.54, 1.807) is 11.3 Å². The Labute approximate surface area is 111 Å². The monoisotopic (exact) mass is 259 g/mol. The van der Waals surface area contributed by atoms with Crippen LogP contribution in [-0.2, 0) is 12.8 Å². The summed E-state index contributed by atoms with van der Waals surface area (Å²) in [6.07, 6.45) is 3.37. The van der Waals surface area contributed by atoms with E-state index in [9.17, 15) is 0 Å². The van der Waals surface area contributed by atoms with E-state index in [-0.39, 0.29) is 0 Å². The van der Waals surface area contributed by atoms with E-state index in [4.69, 9.17) is 0 Å². The average Bonchev–Trinajstić information content (AvgIpc) is 2.86. The molecule has 1 aromatic heterocycles. The molecule has 0 bridgehead atoms. The lowest BCUT2D eigenvalue weighted by Gasteiger charge is -2.18. The normalized spacial score (nSPS) is 13.8. The van der Waals surface area contributed by atoms with E-state index in [2.05, 4.69) is 46.1 Å². The van der Waals surface area contributed by atoms with E-state index < -0.39 is 0 Å². The number of thiazole rings is 1. The third-order valence-electron chi connectivity index (χ3n) is 3.21. The van der Waals surface area contributed by atoms with Crippen LogP contribution >= 0.6 is 11.3 Å². The zero-order chi connectivity index (χ0) is 12.4. The highest BCUT2D eigenvalue weighted by atomic mass is 32.1. The summed E-state index contributed by atoms with van der Waals surface area (Å²) in [6, 6.07) is 6.50. The second kappa shape index (κ2) is 4.98. The maximum Gasteiger partial charge on any atom is 0.187 e. The van der Waals surface area contributed by atoms with Crippen LogP contribution in [0.2, 0.25) is 0 Å². The third-order valence-corrected chi connectivity index (χ3v) is 4.02. The van der Waals surface area contributed by atoms with Crippen molar-refractivity contribution < 1.29 is 0 Å². The van der Waals surface area contributed by atoms with Crippen LogP contribution in [0.3, 0.4) is 0 Å². The first-order valence-electron chi connectivity index (χ1n) is 6.43. The van der Waals surface area contributed by atoms with E-state index in [0.29, 0.717) is 0 Å². The average molecular weight is 259 g/mol. The van der Waals surface area contributed by atoms with Gasteiger partial charge in [-0.3, -0.25) is 0 Å². The highest BCUT2D eigenvalue weighted by Crippen LogP contribution is 2.27. The highest BCUT2D eigenvalue weighted by Gasteiger charge is 2.09. The molecule has 2 heterocycles. The van der Waals surface area contributed by atoms with Crippen LogP contribution in [-0.4, -0.2) is 11.5 Å². The fourth-order valence-corrected chi connectivity index (χ4v) is 3.02. The fraction of sp³-hybridized carbons (Fsp3) is 0.357. The number of fused-ring (bicyclic) bond motifs is 1. The Balaban J connectivity index is 1.80. The summed E-state index contributed by atoms with van der Waals surface area (Å²) in [6.45, 7) is 3.22. The Morgan fingerprint density at radius 1 is 1.44 bits per heavy atom. The summed E-state index contributed by atoms with van der Waals surface area (Å²) in [7, 11) is 0. The van der Waals surface area contributed by atoms with Crippen molar-refractivity contribution in [2.45, 2.75) is 26.2 Å². The summed E-state index contributed by atoms with van der Waals surface area (Å²) < 4.78 is 0. The summed E-state index contributed by atoms with van der Waals surface area (Å²) >= 11 is 1.67. The first kappa shape index (κ1) is 11.5. The molecular weight excluding hydrogens is 242 g/mol. The number of benzene rings is 1. The molecule has 0 radical (unpaired) electrons. The molecule has 0 atom stereocenters. The van der Waals surface area contributed by atoms with Crippen molar-refractivity contribution in [3.05, 3.63) is 34.8 Å². The van der Waals surface area contributed by atoms with Gasteiger partial charge in [-0.2, -0.15) is 0 Å². The smallest absolute Gasteiger partial charge is 0.187 e. The maximum atomic E-state index is 4.53. The molecular formula is C14H17N3S. The molecule has 1 aliphatic rings. The van der Waals surface area contributed by atoms with Gasteiger partial charge in [-0.25, -0.2) is 4.98 Å². The van der Waals surface area contributed by atoms with Gasteiger partial charge in [0, 0.05) is 23.3 Å². The quantitative estimate of drug-likeness (QED) is 0.880. The largest absolute Gasteiger partial charge is 0.385 e. The summed E-state index contributed by atoms with van der Waals surface area (Å²) in [5.41, 5.74) is 4.97. The molecule has 1 aromatic carbocycles. The molecule has 2 N–H and O–H groups in total. The van der Waals surface area contributed by atoms with Crippen LogP contribution in [0.5, 0.6) is 0 Å². The lowest BCUT2D eigenvalue weighted by molar-refractivity contribution is 0.830. The van der Waals surface area contributed by atoms with Gasteiger partial charge in [-0.1, -0.05) is 6.92 Å². The van der Waals surface area contributed by atoms with E-state index in [0.717, 1.165) is 35.9 Å². The van der Waals surface area contributed by atoms with E-state index in [1.807, 2.05) is 0 Å². The molecule has 0 amide bonds. The molecule has 4 heteroatoms. The topological polar surface area (TPSA) is 37.0 Å². The van der Waals surface area contributed by atoms with Gasteiger partial charge in [0.1, 0.15) is 0 Å². The molecule has 0 spiro atoms. The van der Waals surface area contributed by atoms with E-state index >= 15 is 0 Å². The lowest BCUT2D eigenvalue weighted by Crippen LogP contribution is -2.11. The van der Waals surface area contributed by atoms with Crippen molar-refractivity contribution in [3.63, 3.8) is 0 Å². The number of nitrogens with zero attached hydrogens (tertiary/aromatic N) is 1. The van der Waals surface area contributed by atoms with Crippen LogP contribution in [0.15, 0.2) is 23.6 Å². The van der Waals surface area contributed by atoms with Gasteiger partial charge in [0.05, 0.1) is 5.69 Å². The van der Waals surface area contributed by atoms with Crippen LogP contribution in [0.4, 0.5) is 16.5 Å². The minimum absolute atomic E-state index is 0.982. The van der Waals surface area contributed by atoms with Gasteiger partial charge in [-0.15, -0.1) is 11.3 Å². The zero-order valence-electron chi connectivity index (χ0n) is 10.5. The molecule has 1 aliphatic heterocycles. The van der Waals surface area contributed by atoms with Gasteiger partial charge in [-0.05, 0) is 43.0 Å². The van der Waals surface area contributed by atoms with E-state index in [1.165, 1.54) is 17.7 Å². The van der Waals surface area contributed by atoms with Crippen LogP contribution < -0.4 is 10.6 Å². The number of aryl methyl sites for hydroxylation is 2. The zero-order valence-corrected chi connectivity index (χ0v) is 11.3. The predicted molar refractivity (Wildman–Crippen MR) is 78.0 cm³/mol. The van der Waals surface area contributed by atoms with Gasteiger partial charge in [0.25, 0.3) is 0 Å². The molecule has 0 fully saturated rings. The van der Waals surface area contributed by atoms with Crippen LogP contribution in [0.25, 0.3) is 0 Å². The number of nitrogens with one attached hydrogen (secondary N) is 2. The Morgan fingerprint density at radius 3 is 3.22 bits per heavy atom. The first-order chi connectivity index (χ1) is 8.85. The van der Waals surface area contributed by atoms with Crippen molar-refractivity contribution in [1.29, 1.82) is 0 Å². The number of hydrogen-bond donors (Lipinski definition) is 2. The lowest BCUT2D eigenvalue weighted by atomic mass is 10.0. The third kappa shape index (κ3) is 2.34. The minimum atomic E-state index is 0.982. The van der Waals surface area contributed by atoms with Gasteiger partial charge >= 0.3 is 0 Å². The Morgan fingerprint density at radius 2 is 2.39 bits per heavy atom. The fourth-order valence-electron chi connectivity index (χ4n) is 2.20. The maximum absolute atomic E-state index is 4.53. The SMILES string of the molecule is CCc1csc(Nc2ccc3c(c2)CCCN3)n1. The van der Waals surface area contributed by atoms with Crippen molar-refractivity contribution in [2.75, 3.05) is 17.2 Å². The van der Waals surface area contributed by atoms with Crippen LogP contribution in [0, 0.1) is 0 Å². The number of rotatable bonds is 3. The van der Waals surface area contributed by atoms with Gasteiger partial charge in [0.2, 0.25) is 0 Å². The van der Waals surface area contributed by atoms with Crippen molar-refractivity contribution in [3.8, 4) is 0 Å². The first-order valence-corrected chi connectivity index (χ1v) is 7.31. The van der Waals surface area contributed by atoms with Crippen molar-refractivity contribution in [2.24, 2.45) is 0 Å². The molecule has 0 aliphatic carbocycles. The predicted octanol–water partition coefficient (Wildman–Crippen LogP) is 3.81. The Kier molecular flexibility index (Phi) is 3.19. The summed E-state index contributed by atoms with van der Waals surface area (Å²) in [5, 5.41) is 9.91. The molecule has 0 saturated heterocycles. The molecule has 94 valence electrons. The van der Waals surface area contributed by atoms with Crippen LogP contribution in [0.1, 0.15) is 24.6 Å². The molecule has 3 rings (SSSR count). The number of anilines is 3. The summed E-state index contributed by atoms with van der Waals surface area (Å²) in [4.78, 5) is 4.53. The highest BCUT2D eigenvalue weighted by molar-refractivity contribution is 7.13. The number of hydrogen-bond acceptors (Lipinski definition) is 4. The summed E-state index contributed by atoms with van der Waals surface area (Å²) in [5.74, 6) is 0. The van der Waals surface area contributed by atoms with Gasteiger partial charge in [0.15, 0.2) is 5.13 Å². The molecule has 2 aromatic rings. The van der Waals surface area contributed by atoms with Gasteiger partial charge < -0.3 is 10.6 Å². The second-order valence-electron chi connectivity index (χ2n) is 4.52.